The van der Waals surface area contributed by atoms with E-state index < -0.39 is 21.0 Å². The maximum absolute atomic E-state index is 13.5. The molecule has 4 rings (SSSR count). The molecule has 0 spiro atoms. The molecule has 1 unspecified atom stereocenters. The lowest BCUT2D eigenvalue weighted by molar-refractivity contribution is -0.385. The van der Waals surface area contributed by atoms with E-state index in [9.17, 15) is 18.5 Å². The molecule has 180 valence electrons. The first-order valence-electron chi connectivity index (χ1n) is 10.5. The Morgan fingerprint density at radius 2 is 1.74 bits per heavy atom. The van der Waals surface area contributed by atoms with E-state index in [0.29, 0.717) is 11.6 Å². The molecule has 0 aliphatic rings. The third-order valence-electron chi connectivity index (χ3n) is 5.37. The summed E-state index contributed by atoms with van der Waals surface area (Å²) in [4.78, 5) is 15.0. The maximum Gasteiger partial charge on any atom is 0.270 e. The molecule has 11 heteroatoms. The van der Waals surface area contributed by atoms with Crippen LogP contribution in [0.25, 0.3) is 0 Å². The smallest absolute Gasteiger partial charge is 0.270 e. The number of ether oxygens (including phenoxy) is 1. The zero-order valence-electron chi connectivity index (χ0n) is 19.0. The van der Waals surface area contributed by atoms with Crippen molar-refractivity contribution in [3.63, 3.8) is 0 Å². The van der Waals surface area contributed by atoms with Crippen LogP contribution >= 0.6 is 0 Å². The van der Waals surface area contributed by atoms with Crippen LogP contribution in [-0.4, -0.2) is 30.0 Å². The predicted molar refractivity (Wildman–Crippen MR) is 132 cm³/mol. The number of rotatable bonds is 9. The van der Waals surface area contributed by atoms with Crippen LogP contribution in [-0.2, 0) is 17.1 Å². The molecule has 10 nitrogen and oxygen atoms in total. The molecule has 0 aliphatic heterocycles. The Morgan fingerprint density at radius 3 is 2.40 bits per heavy atom. The highest BCUT2D eigenvalue weighted by Gasteiger charge is 2.27. The number of benzene rings is 3. The van der Waals surface area contributed by atoms with Gasteiger partial charge in [-0.1, -0.05) is 42.5 Å². The predicted octanol–water partition coefficient (Wildman–Crippen LogP) is 4.34. The van der Waals surface area contributed by atoms with Gasteiger partial charge in [0.25, 0.3) is 15.7 Å². The second-order valence-electron chi connectivity index (χ2n) is 7.63. The molecule has 0 bridgehead atoms. The highest BCUT2D eigenvalue weighted by molar-refractivity contribution is 7.93. The maximum atomic E-state index is 13.5. The number of aromatic nitrogens is 2. The van der Waals surface area contributed by atoms with E-state index in [1.807, 2.05) is 41.9 Å². The Labute approximate surface area is 202 Å². The van der Waals surface area contributed by atoms with Crippen molar-refractivity contribution in [3.05, 3.63) is 107 Å². The lowest BCUT2D eigenvalue weighted by Crippen LogP contribution is -2.20. The summed E-state index contributed by atoms with van der Waals surface area (Å²) in [5, 5.41) is 14.7. The van der Waals surface area contributed by atoms with Crippen molar-refractivity contribution in [1.29, 1.82) is 0 Å². The number of anilines is 2. The summed E-state index contributed by atoms with van der Waals surface area (Å²) >= 11 is 0. The van der Waals surface area contributed by atoms with Gasteiger partial charge in [0.2, 0.25) is 0 Å². The molecule has 3 aromatic carbocycles. The number of para-hydroxylation sites is 2. The largest absolute Gasteiger partial charge is 0.495 e. The van der Waals surface area contributed by atoms with Gasteiger partial charge in [-0.2, -0.15) is 0 Å². The zero-order chi connectivity index (χ0) is 25.0. The van der Waals surface area contributed by atoms with Gasteiger partial charge in [0.1, 0.15) is 22.5 Å². The lowest BCUT2D eigenvalue weighted by atomic mass is 10.1. The molecule has 0 amide bonds. The Kier molecular flexibility index (Phi) is 6.69. The van der Waals surface area contributed by atoms with Gasteiger partial charge >= 0.3 is 0 Å². The van der Waals surface area contributed by atoms with Crippen molar-refractivity contribution in [2.24, 2.45) is 7.05 Å². The first-order valence-corrected chi connectivity index (χ1v) is 12.0. The summed E-state index contributed by atoms with van der Waals surface area (Å²) in [5.41, 5.74) is 0.858. The normalized spacial score (nSPS) is 12.1. The Morgan fingerprint density at radius 1 is 1.03 bits per heavy atom. The van der Waals surface area contributed by atoms with Crippen molar-refractivity contribution < 1.29 is 18.1 Å². The number of nitrogens with one attached hydrogen (secondary N) is 2. The third kappa shape index (κ3) is 5.09. The van der Waals surface area contributed by atoms with Crippen LogP contribution in [0, 0.1) is 10.1 Å². The van der Waals surface area contributed by atoms with E-state index in [2.05, 4.69) is 15.0 Å². The second kappa shape index (κ2) is 9.85. The number of nitrogens with zero attached hydrogens (tertiary/aromatic N) is 3. The Balaban J connectivity index is 1.82. The third-order valence-corrected chi connectivity index (χ3v) is 6.77. The fourth-order valence-electron chi connectivity index (χ4n) is 3.65. The first kappa shape index (κ1) is 23.8. The Hall–Kier alpha value is -4.38. The standard InChI is InChI=1S/C24H23N5O5S/c1-28-15-14-25-24(28)23(17-8-4-3-5-9-17)26-20-13-12-18(29(30)31)16-22(20)35(32,33)27-19-10-6-7-11-21(19)34-2/h3-16,23,26-27H,1-2H3. The van der Waals surface area contributed by atoms with Gasteiger partial charge in [-0.15, -0.1) is 0 Å². The summed E-state index contributed by atoms with van der Waals surface area (Å²) in [6.45, 7) is 0. The number of hydrogen-bond donors (Lipinski definition) is 2. The highest BCUT2D eigenvalue weighted by atomic mass is 32.2. The average molecular weight is 494 g/mol. The van der Waals surface area contributed by atoms with Crippen molar-refractivity contribution in [2.45, 2.75) is 10.9 Å². The Bertz CT molecular complexity index is 1450. The van der Waals surface area contributed by atoms with Crippen molar-refractivity contribution >= 4 is 27.1 Å². The molecule has 0 saturated carbocycles. The molecule has 0 fully saturated rings. The fraction of sp³-hybridized carbons (Fsp3) is 0.125. The molecule has 1 atom stereocenters. The minimum atomic E-state index is -4.26. The van der Waals surface area contributed by atoms with Gasteiger partial charge in [0.05, 0.1) is 23.4 Å². The molecule has 4 aromatic rings. The number of non-ortho nitro benzene ring substituents is 1. The van der Waals surface area contributed by atoms with E-state index in [4.69, 9.17) is 4.74 Å². The molecule has 1 aromatic heterocycles. The van der Waals surface area contributed by atoms with Gasteiger partial charge in [-0.3, -0.25) is 14.8 Å². The summed E-state index contributed by atoms with van der Waals surface area (Å²) in [6.07, 6.45) is 3.42. The molecule has 2 N–H and O–H groups in total. The van der Waals surface area contributed by atoms with Crippen LogP contribution in [0.5, 0.6) is 5.75 Å². The number of sulfonamides is 1. The van der Waals surface area contributed by atoms with E-state index >= 15 is 0 Å². The number of hydrogen-bond acceptors (Lipinski definition) is 7. The second-order valence-corrected chi connectivity index (χ2v) is 9.28. The lowest BCUT2D eigenvalue weighted by Gasteiger charge is -2.22. The van der Waals surface area contributed by atoms with Crippen LogP contribution in [0.2, 0.25) is 0 Å². The quantitative estimate of drug-likeness (QED) is 0.262. The van der Waals surface area contributed by atoms with Crippen molar-refractivity contribution in [3.8, 4) is 5.75 Å². The van der Waals surface area contributed by atoms with Crippen LogP contribution in [0.3, 0.4) is 0 Å². The SMILES string of the molecule is COc1ccccc1NS(=O)(=O)c1cc([N+](=O)[O-])ccc1NC(c1ccccc1)c1nccn1C. The monoisotopic (exact) mass is 493 g/mol. The van der Waals surface area contributed by atoms with Crippen LogP contribution in [0.15, 0.2) is 90.1 Å². The summed E-state index contributed by atoms with van der Waals surface area (Å²) < 4.78 is 36.5. The van der Waals surface area contributed by atoms with E-state index in [1.165, 1.54) is 19.2 Å². The van der Waals surface area contributed by atoms with Gasteiger partial charge in [0.15, 0.2) is 0 Å². The number of methoxy groups -OCH3 is 1. The number of aryl methyl sites for hydroxylation is 1. The molecular weight excluding hydrogens is 470 g/mol. The van der Waals surface area contributed by atoms with Gasteiger partial charge in [0, 0.05) is 31.6 Å². The van der Waals surface area contributed by atoms with Crippen LogP contribution in [0.1, 0.15) is 17.4 Å². The van der Waals surface area contributed by atoms with E-state index in [0.717, 1.165) is 11.6 Å². The number of nitro benzene ring substituents is 1. The van der Waals surface area contributed by atoms with Gasteiger partial charge in [-0.25, -0.2) is 13.4 Å². The van der Waals surface area contributed by atoms with Crippen molar-refractivity contribution in [1.82, 2.24) is 9.55 Å². The average Bonchev–Trinajstić information content (AvgIpc) is 3.28. The summed E-state index contributed by atoms with van der Waals surface area (Å²) in [6, 6.07) is 19.0. The minimum absolute atomic E-state index is 0.176. The molecule has 0 radical (unpaired) electrons. The van der Waals surface area contributed by atoms with Gasteiger partial charge < -0.3 is 14.6 Å². The zero-order valence-corrected chi connectivity index (χ0v) is 19.8. The minimum Gasteiger partial charge on any atom is -0.495 e. The highest BCUT2D eigenvalue weighted by Crippen LogP contribution is 2.34. The van der Waals surface area contributed by atoms with Gasteiger partial charge in [-0.05, 0) is 23.8 Å². The van der Waals surface area contributed by atoms with Crippen molar-refractivity contribution in [2.75, 3.05) is 17.1 Å². The summed E-state index contributed by atoms with van der Waals surface area (Å²) in [5.74, 6) is 0.946. The molecule has 0 aliphatic carbocycles. The number of nitro groups is 1. The number of imidazole rings is 1. The topological polar surface area (TPSA) is 128 Å². The first-order chi connectivity index (χ1) is 16.8. The van der Waals surface area contributed by atoms with Crippen LogP contribution in [0.4, 0.5) is 17.1 Å². The fourth-order valence-corrected chi connectivity index (χ4v) is 4.91. The van der Waals surface area contributed by atoms with Crippen LogP contribution < -0.4 is 14.8 Å². The van der Waals surface area contributed by atoms with E-state index in [-0.39, 0.29) is 22.0 Å². The molecule has 1 heterocycles. The summed E-state index contributed by atoms with van der Waals surface area (Å²) in [7, 11) is -1.01. The van der Waals surface area contributed by atoms with E-state index in [1.54, 1.807) is 36.7 Å². The molecular formula is C24H23N5O5S. The molecule has 0 saturated heterocycles. The molecule has 35 heavy (non-hydrogen) atoms.